The van der Waals surface area contributed by atoms with E-state index in [2.05, 4.69) is 65.7 Å². The van der Waals surface area contributed by atoms with Crippen molar-refractivity contribution < 1.29 is 4.79 Å². The van der Waals surface area contributed by atoms with Gasteiger partial charge in [0.05, 0.1) is 6.42 Å². The molecule has 1 N–H and O–H groups in total. The van der Waals surface area contributed by atoms with Crippen LogP contribution in [0.1, 0.15) is 11.1 Å². The molecular weight excluding hydrogens is 332 g/mol. The SMILES string of the molecule is Cc1ccc(N(C)CCNC(=O)Cc2ccc(-c3ccccc3)cc2)cc1. The molecule has 0 bridgehead atoms. The number of likely N-dealkylation sites (N-methyl/N-ethyl adjacent to an activating group) is 1. The Balaban J connectivity index is 1.46. The van der Waals surface area contributed by atoms with Crippen molar-refractivity contribution >= 4 is 11.6 Å². The Labute approximate surface area is 161 Å². The smallest absolute Gasteiger partial charge is 0.224 e. The normalized spacial score (nSPS) is 10.4. The molecule has 0 radical (unpaired) electrons. The van der Waals surface area contributed by atoms with Gasteiger partial charge >= 0.3 is 0 Å². The van der Waals surface area contributed by atoms with Crippen LogP contribution in [0.5, 0.6) is 0 Å². The molecule has 1 amide bonds. The number of nitrogens with zero attached hydrogens (tertiary/aromatic N) is 1. The summed E-state index contributed by atoms with van der Waals surface area (Å²) in [6.45, 7) is 3.49. The first-order valence-corrected chi connectivity index (χ1v) is 9.31. The molecular formula is C24H26N2O. The monoisotopic (exact) mass is 358 g/mol. The summed E-state index contributed by atoms with van der Waals surface area (Å²) in [6.07, 6.45) is 0.406. The van der Waals surface area contributed by atoms with Crippen LogP contribution in [-0.2, 0) is 11.2 Å². The van der Waals surface area contributed by atoms with Gasteiger partial charge in [0, 0.05) is 25.8 Å². The Bertz CT molecular complexity index is 855. The summed E-state index contributed by atoms with van der Waals surface area (Å²) in [4.78, 5) is 14.3. The Morgan fingerprint density at radius 3 is 2.15 bits per heavy atom. The van der Waals surface area contributed by atoms with Gasteiger partial charge in [0.2, 0.25) is 5.91 Å². The molecule has 3 heteroatoms. The number of hydrogen-bond acceptors (Lipinski definition) is 2. The van der Waals surface area contributed by atoms with Crippen LogP contribution in [0.3, 0.4) is 0 Å². The Kier molecular flexibility index (Phi) is 6.26. The summed E-state index contributed by atoms with van der Waals surface area (Å²) in [5.41, 5.74) is 5.79. The number of hydrogen-bond donors (Lipinski definition) is 1. The largest absolute Gasteiger partial charge is 0.373 e. The highest BCUT2D eigenvalue weighted by Crippen LogP contribution is 2.19. The van der Waals surface area contributed by atoms with E-state index in [4.69, 9.17) is 0 Å². The van der Waals surface area contributed by atoms with Crippen LogP contribution in [0.4, 0.5) is 5.69 Å². The molecule has 0 fully saturated rings. The molecule has 0 heterocycles. The molecule has 0 spiro atoms. The van der Waals surface area contributed by atoms with E-state index in [0.717, 1.165) is 17.8 Å². The molecule has 0 aliphatic rings. The zero-order valence-electron chi connectivity index (χ0n) is 16.0. The number of aryl methyl sites for hydroxylation is 1. The molecule has 0 saturated heterocycles. The lowest BCUT2D eigenvalue weighted by molar-refractivity contribution is -0.120. The molecule has 3 aromatic carbocycles. The van der Waals surface area contributed by atoms with Gasteiger partial charge in [-0.1, -0.05) is 72.3 Å². The quantitative estimate of drug-likeness (QED) is 0.676. The summed E-state index contributed by atoms with van der Waals surface area (Å²) in [5.74, 6) is 0.0553. The molecule has 0 aliphatic heterocycles. The Morgan fingerprint density at radius 1 is 0.852 bits per heavy atom. The number of carbonyl (C=O) groups excluding carboxylic acids is 1. The third-order valence-electron chi connectivity index (χ3n) is 4.67. The van der Waals surface area contributed by atoms with Gasteiger partial charge in [-0.25, -0.2) is 0 Å². The van der Waals surface area contributed by atoms with Gasteiger partial charge in [-0.3, -0.25) is 4.79 Å². The molecule has 0 unspecified atom stereocenters. The van der Waals surface area contributed by atoms with Gasteiger partial charge in [0.1, 0.15) is 0 Å². The lowest BCUT2D eigenvalue weighted by Crippen LogP contribution is -2.33. The van der Waals surface area contributed by atoms with Crippen molar-refractivity contribution in [2.24, 2.45) is 0 Å². The minimum absolute atomic E-state index is 0.0553. The second kappa shape index (κ2) is 9.04. The zero-order valence-corrected chi connectivity index (χ0v) is 16.0. The number of nitrogens with one attached hydrogen (secondary N) is 1. The fourth-order valence-corrected chi connectivity index (χ4v) is 2.98. The van der Waals surface area contributed by atoms with Crippen molar-refractivity contribution in [3.05, 3.63) is 90.0 Å². The van der Waals surface area contributed by atoms with Gasteiger partial charge in [-0.15, -0.1) is 0 Å². The molecule has 0 saturated carbocycles. The molecule has 0 aromatic heterocycles. The van der Waals surface area contributed by atoms with Crippen molar-refractivity contribution in [2.45, 2.75) is 13.3 Å². The summed E-state index contributed by atoms with van der Waals surface area (Å²) in [6, 6.07) is 26.9. The lowest BCUT2D eigenvalue weighted by Gasteiger charge is -2.19. The number of benzene rings is 3. The highest BCUT2D eigenvalue weighted by molar-refractivity contribution is 5.79. The maximum Gasteiger partial charge on any atom is 0.224 e. The summed E-state index contributed by atoms with van der Waals surface area (Å²) in [5, 5.41) is 3.01. The van der Waals surface area contributed by atoms with E-state index in [1.165, 1.54) is 16.7 Å². The molecule has 0 aliphatic carbocycles. The second-order valence-corrected chi connectivity index (χ2v) is 6.85. The first-order valence-electron chi connectivity index (χ1n) is 9.31. The third-order valence-corrected chi connectivity index (χ3v) is 4.67. The van der Waals surface area contributed by atoms with Crippen LogP contribution >= 0.6 is 0 Å². The molecule has 0 atom stereocenters. The van der Waals surface area contributed by atoms with Crippen LogP contribution in [0.25, 0.3) is 11.1 Å². The minimum atomic E-state index is 0.0553. The highest BCUT2D eigenvalue weighted by atomic mass is 16.1. The Hall–Kier alpha value is -3.07. The van der Waals surface area contributed by atoms with E-state index in [1.807, 2.05) is 37.4 Å². The van der Waals surface area contributed by atoms with Crippen molar-refractivity contribution in [3.8, 4) is 11.1 Å². The summed E-state index contributed by atoms with van der Waals surface area (Å²) < 4.78 is 0. The van der Waals surface area contributed by atoms with E-state index in [9.17, 15) is 4.79 Å². The maximum atomic E-state index is 12.2. The fourth-order valence-electron chi connectivity index (χ4n) is 2.98. The molecule has 27 heavy (non-hydrogen) atoms. The van der Waals surface area contributed by atoms with Crippen LogP contribution in [-0.4, -0.2) is 26.0 Å². The predicted molar refractivity (Wildman–Crippen MR) is 113 cm³/mol. The van der Waals surface area contributed by atoms with Crippen LogP contribution in [0.15, 0.2) is 78.9 Å². The number of amides is 1. The van der Waals surface area contributed by atoms with E-state index in [-0.39, 0.29) is 5.91 Å². The van der Waals surface area contributed by atoms with Crippen LogP contribution in [0, 0.1) is 6.92 Å². The third kappa shape index (κ3) is 5.45. The zero-order chi connectivity index (χ0) is 19.1. The van der Waals surface area contributed by atoms with Crippen LogP contribution < -0.4 is 10.2 Å². The predicted octanol–water partition coefficient (Wildman–Crippen LogP) is 4.46. The first-order chi connectivity index (χ1) is 13.1. The van der Waals surface area contributed by atoms with Gasteiger partial charge in [-0.2, -0.15) is 0 Å². The van der Waals surface area contributed by atoms with Gasteiger partial charge < -0.3 is 10.2 Å². The van der Waals surface area contributed by atoms with E-state index in [1.54, 1.807) is 0 Å². The topological polar surface area (TPSA) is 32.3 Å². The second-order valence-electron chi connectivity index (χ2n) is 6.85. The molecule has 3 aromatic rings. The first kappa shape index (κ1) is 18.7. The maximum absolute atomic E-state index is 12.2. The summed E-state index contributed by atoms with van der Waals surface area (Å²) >= 11 is 0. The molecule has 138 valence electrons. The van der Waals surface area contributed by atoms with Crippen molar-refractivity contribution in [1.29, 1.82) is 0 Å². The summed E-state index contributed by atoms with van der Waals surface area (Å²) in [7, 11) is 2.04. The van der Waals surface area contributed by atoms with E-state index >= 15 is 0 Å². The molecule has 3 rings (SSSR count). The van der Waals surface area contributed by atoms with Gasteiger partial charge in [0.25, 0.3) is 0 Å². The van der Waals surface area contributed by atoms with E-state index in [0.29, 0.717) is 13.0 Å². The van der Waals surface area contributed by atoms with E-state index < -0.39 is 0 Å². The van der Waals surface area contributed by atoms with Crippen LogP contribution in [0.2, 0.25) is 0 Å². The van der Waals surface area contributed by atoms with Crippen molar-refractivity contribution in [3.63, 3.8) is 0 Å². The highest BCUT2D eigenvalue weighted by Gasteiger charge is 2.05. The van der Waals surface area contributed by atoms with Crippen molar-refractivity contribution in [2.75, 3.05) is 25.0 Å². The minimum Gasteiger partial charge on any atom is -0.373 e. The Morgan fingerprint density at radius 2 is 1.48 bits per heavy atom. The lowest BCUT2D eigenvalue weighted by atomic mass is 10.0. The van der Waals surface area contributed by atoms with Gasteiger partial charge in [-0.05, 0) is 35.7 Å². The molecule has 3 nitrogen and oxygen atoms in total. The van der Waals surface area contributed by atoms with Gasteiger partial charge in [0.15, 0.2) is 0 Å². The number of carbonyl (C=O) groups is 1. The fraction of sp³-hybridized carbons (Fsp3) is 0.208. The standard InChI is InChI=1S/C24H26N2O/c1-19-8-14-23(15-9-19)26(2)17-16-25-24(27)18-20-10-12-22(13-11-20)21-6-4-3-5-7-21/h3-15H,16-18H2,1-2H3,(H,25,27). The number of anilines is 1. The van der Waals surface area contributed by atoms with Crippen molar-refractivity contribution in [1.82, 2.24) is 5.32 Å². The number of rotatable bonds is 7. The average molecular weight is 358 g/mol. The average Bonchev–Trinajstić information content (AvgIpc) is 2.69.